The maximum atomic E-state index is 12.7. The van der Waals surface area contributed by atoms with E-state index in [1.807, 2.05) is 0 Å². The van der Waals surface area contributed by atoms with Crippen LogP contribution in [0.25, 0.3) is 0 Å². The molecule has 1 saturated heterocycles. The predicted octanol–water partition coefficient (Wildman–Crippen LogP) is 1.86. The van der Waals surface area contributed by atoms with Crippen LogP contribution in [0.4, 0.5) is 0 Å². The fraction of sp³-hybridized carbons (Fsp3) is 0.500. The Hall–Kier alpha value is -0.370. The van der Waals surface area contributed by atoms with Crippen LogP contribution in [0.1, 0.15) is 12.5 Å². The van der Waals surface area contributed by atoms with E-state index in [-0.39, 0.29) is 22.5 Å². The topological polar surface area (TPSA) is 72.6 Å². The van der Waals surface area contributed by atoms with Crippen LogP contribution in [0.15, 0.2) is 17.0 Å². The normalized spacial score (nSPS) is 21.1. The van der Waals surface area contributed by atoms with Gasteiger partial charge in [0.1, 0.15) is 4.90 Å². The zero-order chi connectivity index (χ0) is 14.9. The van der Waals surface area contributed by atoms with E-state index in [4.69, 9.17) is 33.7 Å². The Morgan fingerprint density at radius 3 is 2.75 bits per heavy atom. The van der Waals surface area contributed by atoms with Crippen molar-refractivity contribution >= 4 is 33.2 Å². The molecule has 0 saturated carbocycles. The highest BCUT2D eigenvalue weighted by Gasteiger charge is 2.33. The van der Waals surface area contributed by atoms with Crippen molar-refractivity contribution in [2.24, 2.45) is 5.73 Å². The number of hydrogen-bond donors (Lipinski definition) is 1. The van der Waals surface area contributed by atoms with Gasteiger partial charge in [-0.05, 0) is 24.6 Å². The zero-order valence-electron chi connectivity index (χ0n) is 11.0. The molecule has 112 valence electrons. The molecule has 0 bridgehead atoms. The fourth-order valence-electron chi connectivity index (χ4n) is 2.15. The van der Waals surface area contributed by atoms with Crippen molar-refractivity contribution in [2.75, 3.05) is 19.8 Å². The average molecular weight is 339 g/mol. The Kier molecular flexibility index (Phi) is 4.94. The molecular formula is C12H16Cl2N2O3S. The number of hydrogen-bond acceptors (Lipinski definition) is 4. The number of rotatable bonds is 3. The lowest BCUT2D eigenvalue weighted by molar-refractivity contribution is 0.0393. The summed E-state index contributed by atoms with van der Waals surface area (Å²) in [6, 6.07) is 2.69. The van der Waals surface area contributed by atoms with Crippen molar-refractivity contribution < 1.29 is 13.2 Å². The first kappa shape index (κ1) is 16.0. The predicted molar refractivity (Wildman–Crippen MR) is 78.5 cm³/mol. The Bertz CT molecular complexity index is 607. The molecule has 2 rings (SSSR count). The third-order valence-corrected chi connectivity index (χ3v) is 6.01. The van der Waals surface area contributed by atoms with Crippen LogP contribution in [0.2, 0.25) is 10.0 Å². The number of nitrogens with two attached hydrogens (primary N) is 1. The van der Waals surface area contributed by atoms with Crippen molar-refractivity contribution in [1.29, 1.82) is 0 Å². The lowest BCUT2D eigenvalue weighted by Gasteiger charge is -2.32. The molecule has 1 unspecified atom stereocenters. The minimum atomic E-state index is -3.72. The SMILES string of the molecule is CC1COCCN1S(=O)(=O)c1cc(Cl)cc(CN)c1Cl. The summed E-state index contributed by atoms with van der Waals surface area (Å²) < 4.78 is 32.1. The van der Waals surface area contributed by atoms with Gasteiger partial charge in [-0.15, -0.1) is 0 Å². The van der Waals surface area contributed by atoms with Crippen molar-refractivity contribution in [3.63, 3.8) is 0 Å². The van der Waals surface area contributed by atoms with Gasteiger partial charge in [0.15, 0.2) is 0 Å². The van der Waals surface area contributed by atoms with E-state index < -0.39 is 10.0 Å². The molecule has 0 amide bonds. The second kappa shape index (κ2) is 6.17. The maximum Gasteiger partial charge on any atom is 0.245 e. The van der Waals surface area contributed by atoms with E-state index in [1.165, 1.54) is 10.4 Å². The van der Waals surface area contributed by atoms with E-state index in [0.29, 0.717) is 30.3 Å². The molecule has 20 heavy (non-hydrogen) atoms. The van der Waals surface area contributed by atoms with Crippen molar-refractivity contribution in [3.8, 4) is 0 Å². The molecule has 2 N–H and O–H groups in total. The molecule has 5 nitrogen and oxygen atoms in total. The molecule has 1 atom stereocenters. The molecular weight excluding hydrogens is 323 g/mol. The Labute approximate surface area is 128 Å². The van der Waals surface area contributed by atoms with Crippen LogP contribution < -0.4 is 5.73 Å². The summed E-state index contributed by atoms with van der Waals surface area (Å²) in [5.41, 5.74) is 6.08. The molecule has 0 spiro atoms. The first-order valence-corrected chi connectivity index (χ1v) is 8.35. The first-order valence-electron chi connectivity index (χ1n) is 6.15. The van der Waals surface area contributed by atoms with Crippen molar-refractivity contribution in [3.05, 3.63) is 27.7 Å². The van der Waals surface area contributed by atoms with Crippen LogP contribution >= 0.6 is 23.2 Å². The lowest BCUT2D eigenvalue weighted by Crippen LogP contribution is -2.47. The van der Waals surface area contributed by atoms with Gasteiger partial charge in [0.2, 0.25) is 10.0 Å². The van der Waals surface area contributed by atoms with Crippen LogP contribution in [0, 0.1) is 0 Å². The van der Waals surface area contributed by atoms with E-state index in [2.05, 4.69) is 0 Å². The van der Waals surface area contributed by atoms with Crippen molar-refractivity contribution in [1.82, 2.24) is 4.31 Å². The molecule has 1 heterocycles. The van der Waals surface area contributed by atoms with Gasteiger partial charge in [0, 0.05) is 24.2 Å². The van der Waals surface area contributed by atoms with Crippen LogP contribution in [0.5, 0.6) is 0 Å². The number of sulfonamides is 1. The number of morpholine rings is 1. The molecule has 1 aliphatic heterocycles. The lowest BCUT2D eigenvalue weighted by atomic mass is 10.2. The van der Waals surface area contributed by atoms with Gasteiger partial charge >= 0.3 is 0 Å². The summed E-state index contributed by atoms with van der Waals surface area (Å²) in [6.07, 6.45) is 0. The van der Waals surface area contributed by atoms with Crippen LogP contribution in [-0.4, -0.2) is 38.5 Å². The third-order valence-electron chi connectivity index (χ3n) is 3.19. The van der Waals surface area contributed by atoms with Crippen molar-refractivity contribution in [2.45, 2.75) is 24.4 Å². The Morgan fingerprint density at radius 2 is 2.15 bits per heavy atom. The summed E-state index contributed by atoms with van der Waals surface area (Å²) in [5, 5.41) is 0.435. The van der Waals surface area contributed by atoms with Gasteiger partial charge in [-0.1, -0.05) is 23.2 Å². The number of halogens is 2. The van der Waals surface area contributed by atoms with Gasteiger partial charge in [-0.25, -0.2) is 8.42 Å². The minimum Gasteiger partial charge on any atom is -0.378 e. The van der Waals surface area contributed by atoms with Gasteiger partial charge in [0.25, 0.3) is 0 Å². The summed E-state index contributed by atoms with van der Waals surface area (Å²) in [6.45, 7) is 2.94. The second-order valence-electron chi connectivity index (χ2n) is 4.62. The third kappa shape index (κ3) is 2.95. The standard InChI is InChI=1S/C12H16Cl2N2O3S/c1-8-7-19-3-2-16(8)20(17,18)11-5-10(13)4-9(6-15)12(11)14/h4-5,8H,2-3,6-7,15H2,1H3. The van der Waals surface area contributed by atoms with E-state index in [1.54, 1.807) is 13.0 Å². The Morgan fingerprint density at radius 1 is 1.45 bits per heavy atom. The molecule has 1 aromatic rings. The number of benzene rings is 1. The summed E-state index contributed by atoms with van der Waals surface area (Å²) in [4.78, 5) is 0.000802. The number of nitrogens with zero attached hydrogens (tertiary/aromatic N) is 1. The smallest absolute Gasteiger partial charge is 0.245 e. The number of ether oxygens (including phenoxy) is 1. The molecule has 1 aromatic carbocycles. The quantitative estimate of drug-likeness (QED) is 0.912. The average Bonchev–Trinajstić information content (AvgIpc) is 2.41. The summed E-state index contributed by atoms with van der Waals surface area (Å²) in [5.74, 6) is 0. The maximum absolute atomic E-state index is 12.7. The van der Waals surface area contributed by atoms with Gasteiger partial charge in [0.05, 0.1) is 18.2 Å². The fourth-order valence-corrected chi connectivity index (χ4v) is 4.67. The molecule has 0 aromatic heterocycles. The second-order valence-corrected chi connectivity index (χ2v) is 7.29. The molecule has 0 aliphatic carbocycles. The van der Waals surface area contributed by atoms with E-state index >= 15 is 0 Å². The molecule has 1 fully saturated rings. The van der Waals surface area contributed by atoms with Gasteiger partial charge < -0.3 is 10.5 Å². The molecule has 1 aliphatic rings. The highest BCUT2D eigenvalue weighted by Crippen LogP contribution is 2.32. The van der Waals surface area contributed by atoms with Crippen LogP contribution in [-0.2, 0) is 21.3 Å². The van der Waals surface area contributed by atoms with Crippen LogP contribution in [0.3, 0.4) is 0 Å². The van der Waals surface area contributed by atoms with Gasteiger partial charge in [-0.3, -0.25) is 0 Å². The minimum absolute atomic E-state index is 0.000802. The zero-order valence-corrected chi connectivity index (χ0v) is 13.3. The molecule has 0 radical (unpaired) electrons. The monoisotopic (exact) mass is 338 g/mol. The Balaban J connectivity index is 2.51. The first-order chi connectivity index (χ1) is 9.37. The largest absolute Gasteiger partial charge is 0.378 e. The molecule has 8 heteroatoms. The van der Waals surface area contributed by atoms with Gasteiger partial charge in [-0.2, -0.15) is 4.31 Å². The highest BCUT2D eigenvalue weighted by molar-refractivity contribution is 7.89. The summed E-state index contributed by atoms with van der Waals surface area (Å²) >= 11 is 12.1. The van der Waals surface area contributed by atoms with E-state index in [0.717, 1.165) is 0 Å². The van der Waals surface area contributed by atoms with E-state index in [9.17, 15) is 8.42 Å². The summed E-state index contributed by atoms with van der Waals surface area (Å²) in [7, 11) is -3.72. The highest BCUT2D eigenvalue weighted by atomic mass is 35.5.